The monoisotopic (exact) mass is 443 g/mol. The Morgan fingerprint density at radius 2 is 1.86 bits per heavy atom. The third kappa shape index (κ3) is 5.29. The highest BCUT2D eigenvalue weighted by atomic mass is 79.9. The second-order valence-electron chi connectivity index (χ2n) is 5.93. The Balaban J connectivity index is 1.50. The fourth-order valence-corrected chi connectivity index (χ4v) is 2.81. The molecule has 0 aliphatic carbocycles. The van der Waals surface area contributed by atoms with E-state index in [-0.39, 0.29) is 5.91 Å². The standard InChI is InChI=1S/C19H22BrN7O/c1-2-21-19(24-13-17-26-25-16-5-3-4-12-27(16)17)23-11-10-22-18(28)14-6-8-15(20)9-7-14/h3-9,12H,2,10-11,13H2,1H3,(H,22,28)(H2,21,23,24). The molecule has 0 saturated heterocycles. The molecule has 3 N–H and O–H groups in total. The van der Waals surface area contributed by atoms with Crippen LogP contribution in [-0.4, -0.2) is 46.1 Å². The number of carbonyl (C=O) groups excluding carboxylic acids is 1. The van der Waals surface area contributed by atoms with E-state index in [0.717, 1.165) is 22.5 Å². The lowest BCUT2D eigenvalue weighted by molar-refractivity contribution is 0.0954. The first-order chi connectivity index (χ1) is 13.7. The minimum atomic E-state index is -0.105. The molecule has 0 fully saturated rings. The number of pyridine rings is 1. The lowest BCUT2D eigenvalue weighted by atomic mass is 10.2. The average molecular weight is 444 g/mol. The molecule has 1 aromatic carbocycles. The van der Waals surface area contributed by atoms with Crippen LogP contribution in [0.25, 0.3) is 5.65 Å². The van der Waals surface area contributed by atoms with Crippen molar-refractivity contribution in [2.45, 2.75) is 13.5 Å². The molecule has 0 aliphatic rings. The van der Waals surface area contributed by atoms with Gasteiger partial charge in [0.25, 0.3) is 5.91 Å². The van der Waals surface area contributed by atoms with E-state index in [1.54, 1.807) is 12.1 Å². The van der Waals surface area contributed by atoms with Crippen LogP contribution in [0.4, 0.5) is 0 Å². The van der Waals surface area contributed by atoms with Crippen LogP contribution in [-0.2, 0) is 6.54 Å². The van der Waals surface area contributed by atoms with Crippen LogP contribution in [0, 0.1) is 0 Å². The summed E-state index contributed by atoms with van der Waals surface area (Å²) in [7, 11) is 0. The highest BCUT2D eigenvalue weighted by Gasteiger charge is 2.06. The van der Waals surface area contributed by atoms with Gasteiger partial charge in [0.05, 0.1) is 0 Å². The number of rotatable bonds is 7. The van der Waals surface area contributed by atoms with Crippen molar-refractivity contribution in [1.29, 1.82) is 0 Å². The minimum absolute atomic E-state index is 0.105. The maximum Gasteiger partial charge on any atom is 0.251 e. The SMILES string of the molecule is CCNC(=NCc1nnc2ccccn12)NCCNC(=O)c1ccc(Br)cc1. The van der Waals surface area contributed by atoms with Gasteiger partial charge in [-0.2, -0.15) is 0 Å². The molecule has 0 saturated carbocycles. The number of nitrogens with one attached hydrogen (secondary N) is 3. The molecule has 0 radical (unpaired) electrons. The average Bonchev–Trinajstić information content (AvgIpc) is 3.13. The van der Waals surface area contributed by atoms with Gasteiger partial charge < -0.3 is 16.0 Å². The number of benzene rings is 1. The van der Waals surface area contributed by atoms with E-state index in [9.17, 15) is 4.79 Å². The first-order valence-corrected chi connectivity index (χ1v) is 9.81. The van der Waals surface area contributed by atoms with E-state index in [1.807, 2.05) is 47.9 Å². The van der Waals surface area contributed by atoms with Gasteiger partial charge in [0.15, 0.2) is 17.4 Å². The number of guanidine groups is 1. The first kappa shape index (κ1) is 19.8. The summed E-state index contributed by atoms with van der Waals surface area (Å²) in [5.74, 6) is 1.32. The molecule has 2 heterocycles. The number of carbonyl (C=O) groups is 1. The number of hydrogen-bond acceptors (Lipinski definition) is 4. The highest BCUT2D eigenvalue weighted by molar-refractivity contribution is 9.10. The van der Waals surface area contributed by atoms with E-state index in [4.69, 9.17) is 0 Å². The van der Waals surface area contributed by atoms with Gasteiger partial charge in [-0.05, 0) is 43.3 Å². The van der Waals surface area contributed by atoms with Crippen molar-refractivity contribution in [2.75, 3.05) is 19.6 Å². The minimum Gasteiger partial charge on any atom is -0.357 e. The van der Waals surface area contributed by atoms with Crippen LogP contribution in [0.1, 0.15) is 23.1 Å². The zero-order valence-corrected chi connectivity index (χ0v) is 17.1. The Kier molecular flexibility index (Phi) is 6.96. The summed E-state index contributed by atoms with van der Waals surface area (Å²) in [5, 5.41) is 17.6. The van der Waals surface area contributed by atoms with Gasteiger partial charge in [-0.3, -0.25) is 9.20 Å². The van der Waals surface area contributed by atoms with Gasteiger partial charge in [0, 0.05) is 35.9 Å². The Morgan fingerprint density at radius 3 is 2.64 bits per heavy atom. The van der Waals surface area contributed by atoms with Gasteiger partial charge in [-0.15, -0.1) is 10.2 Å². The smallest absolute Gasteiger partial charge is 0.251 e. The Bertz CT molecular complexity index is 952. The largest absolute Gasteiger partial charge is 0.357 e. The molecule has 9 heteroatoms. The molecule has 0 bridgehead atoms. The van der Waals surface area contributed by atoms with Gasteiger partial charge in [-0.25, -0.2) is 4.99 Å². The third-order valence-electron chi connectivity index (χ3n) is 3.92. The Labute approximate surface area is 171 Å². The fraction of sp³-hybridized carbons (Fsp3) is 0.263. The fourth-order valence-electron chi connectivity index (χ4n) is 2.55. The summed E-state index contributed by atoms with van der Waals surface area (Å²) in [4.78, 5) is 16.7. The second-order valence-corrected chi connectivity index (χ2v) is 6.85. The lowest BCUT2D eigenvalue weighted by Gasteiger charge is -2.11. The normalized spacial score (nSPS) is 11.4. The van der Waals surface area contributed by atoms with Crippen molar-refractivity contribution >= 4 is 33.4 Å². The van der Waals surface area contributed by atoms with E-state index < -0.39 is 0 Å². The van der Waals surface area contributed by atoms with Crippen LogP contribution in [0.3, 0.4) is 0 Å². The molecular formula is C19H22BrN7O. The van der Waals surface area contributed by atoms with E-state index in [0.29, 0.717) is 31.2 Å². The summed E-state index contributed by atoms with van der Waals surface area (Å²) in [6, 6.07) is 13.0. The zero-order chi connectivity index (χ0) is 19.8. The molecule has 28 heavy (non-hydrogen) atoms. The quantitative estimate of drug-likeness (QED) is 0.294. The molecule has 0 atom stereocenters. The zero-order valence-electron chi connectivity index (χ0n) is 15.5. The third-order valence-corrected chi connectivity index (χ3v) is 4.45. The molecule has 0 aliphatic heterocycles. The van der Waals surface area contributed by atoms with Gasteiger partial charge in [-0.1, -0.05) is 22.0 Å². The van der Waals surface area contributed by atoms with Crippen LogP contribution >= 0.6 is 15.9 Å². The van der Waals surface area contributed by atoms with Gasteiger partial charge in [0.1, 0.15) is 6.54 Å². The van der Waals surface area contributed by atoms with E-state index in [1.165, 1.54) is 0 Å². The second kappa shape index (κ2) is 9.84. The number of halogens is 1. The molecule has 3 rings (SSSR count). The van der Waals surface area contributed by atoms with Crippen LogP contribution in [0.5, 0.6) is 0 Å². The summed E-state index contributed by atoms with van der Waals surface area (Å²) in [6.45, 7) is 4.16. The summed E-state index contributed by atoms with van der Waals surface area (Å²) >= 11 is 3.36. The summed E-state index contributed by atoms with van der Waals surface area (Å²) in [6.07, 6.45) is 1.91. The summed E-state index contributed by atoms with van der Waals surface area (Å²) in [5.41, 5.74) is 1.42. The molecule has 8 nitrogen and oxygen atoms in total. The van der Waals surface area contributed by atoms with Crippen molar-refractivity contribution in [2.24, 2.45) is 4.99 Å². The Hall–Kier alpha value is -2.94. The summed E-state index contributed by atoms with van der Waals surface area (Å²) < 4.78 is 2.85. The molecule has 146 valence electrons. The molecule has 0 unspecified atom stereocenters. The number of hydrogen-bond donors (Lipinski definition) is 3. The van der Waals surface area contributed by atoms with Crippen molar-refractivity contribution < 1.29 is 4.79 Å². The Morgan fingerprint density at radius 1 is 1.07 bits per heavy atom. The van der Waals surface area contributed by atoms with Crippen LogP contribution in [0.2, 0.25) is 0 Å². The number of fused-ring (bicyclic) bond motifs is 1. The van der Waals surface area contributed by atoms with Crippen molar-refractivity contribution in [3.05, 3.63) is 64.5 Å². The van der Waals surface area contributed by atoms with Crippen LogP contribution < -0.4 is 16.0 Å². The van der Waals surface area contributed by atoms with Crippen molar-refractivity contribution in [3.8, 4) is 0 Å². The van der Waals surface area contributed by atoms with E-state index >= 15 is 0 Å². The lowest BCUT2D eigenvalue weighted by Crippen LogP contribution is -2.41. The predicted molar refractivity (Wildman–Crippen MR) is 112 cm³/mol. The van der Waals surface area contributed by atoms with Gasteiger partial charge in [0.2, 0.25) is 0 Å². The number of amides is 1. The first-order valence-electron chi connectivity index (χ1n) is 9.02. The molecular weight excluding hydrogens is 422 g/mol. The molecule has 0 spiro atoms. The van der Waals surface area contributed by atoms with Crippen molar-refractivity contribution in [1.82, 2.24) is 30.5 Å². The molecule has 3 aromatic rings. The topological polar surface area (TPSA) is 95.7 Å². The van der Waals surface area contributed by atoms with E-state index in [2.05, 4.69) is 47.1 Å². The predicted octanol–water partition coefficient (Wildman–Crippen LogP) is 1.98. The van der Waals surface area contributed by atoms with Gasteiger partial charge >= 0.3 is 0 Å². The number of nitrogens with zero attached hydrogens (tertiary/aromatic N) is 4. The maximum absolute atomic E-state index is 12.1. The molecule has 1 amide bonds. The van der Waals surface area contributed by atoms with Crippen molar-refractivity contribution in [3.63, 3.8) is 0 Å². The number of aliphatic imine (C=N–C) groups is 1. The molecule has 2 aromatic heterocycles. The maximum atomic E-state index is 12.1. The number of aromatic nitrogens is 3. The van der Waals surface area contributed by atoms with Crippen LogP contribution in [0.15, 0.2) is 58.1 Å². The highest BCUT2D eigenvalue weighted by Crippen LogP contribution is 2.10.